The lowest BCUT2D eigenvalue weighted by atomic mass is 10.2. The summed E-state index contributed by atoms with van der Waals surface area (Å²) in [6.07, 6.45) is -0.780. The molecule has 0 heterocycles. The average molecular weight is 375 g/mol. The molecule has 1 N–H and O–H groups in total. The van der Waals surface area contributed by atoms with Crippen LogP contribution >= 0.6 is 34.8 Å². The maximum Gasteiger partial charge on any atom is 0.265 e. The Bertz CT molecular complexity index is 722. The molecule has 23 heavy (non-hydrogen) atoms. The first-order valence-corrected chi connectivity index (χ1v) is 7.80. The molecule has 0 radical (unpaired) electrons. The Labute approximate surface area is 149 Å². The second-order valence-electron chi connectivity index (χ2n) is 4.67. The quantitative estimate of drug-likeness (QED) is 0.795. The van der Waals surface area contributed by atoms with Gasteiger partial charge >= 0.3 is 0 Å². The van der Waals surface area contributed by atoms with Gasteiger partial charge in [-0.2, -0.15) is 0 Å². The summed E-state index contributed by atoms with van der Waals surface area (Å²) in [5.41, 5.74) is 0.461. The molecular formula is C16H14Cl3NO3. The van der Waals surface area contributed by atoms with Crippen molar-refractivity contribution < 1.29 is 14.3 Å². The minimum Gasteiger partial charge on any atom is -0.495 e. The number of benzene rings is 2. The zero-order valence-electron chi connectivity index (χ0n) is 12.4. The molecule has 0 aliphatic heterocycles. The number of carbonyl (C=O) groups excluding carboxylic acids is 1. The first kappa shape index (κ1) is 17.7. The number of hydrogen-bond donors (Lipinski definition) is 1. The maximum atomic E-state index is 12.3. The Morgan fingerprint density at radius 1 is 1.04 bits per heavy atom. The van der Waals surface area contributed by atoms with E-state index in [2.05, 4.69) is 5.32 Å². The van der Waals surface area contributed by atoms with Crippen molar-refractivity contribution in [1.29, 1.82) is 0 Å². The van der Waals surface area contributed by atoms with Crippen molar-refractivity contribution in [2.24, 2.45) is 0 Å². The van der Waals surface area contributed by atoms with Crippen molar-refractivity contribution in [3.8, 4) is 11.5 Å². The third kappa shape index (κ3) is 4.67. The topological polar surface area (TPSA) is 47.6 Å². The molecule has 1 amide bonds. The van der Waals surface area contributed by atoms with Crippen molar-refractivity contribution in [3.63, 3.8) is 0 Å². The molecule has 0 fully saturated rings. The monoisotopic (exact) mass is 373 g/mol. The number of methoxy groups -OCH3 is 1. The molecule has 0 aliphatic carbocycles. The third-order valence-corrected chi connectivity index (χ3v) is 3.75. The second-order valence-corrected chi connectivity index (χ2v) is 5.95. The molecule has 122 valence electrons. The molecule has 2 rings (SSSR count). The molecule has 0 saturated carbocycles. The van der Waals surface area contributed by atoms with E-state index in [-0.39, 0.29) is 5.91 Å². The van der Waals surface area contributed by atoms with Crippen molar-refractivity contribution >= 4 is 46.4 Å². The van der Waals surface area contributed by atoms with Gasteiger partial charge in [-0.05, 0) is 43.3 Å². The molecule has 0 aliphatic rings. The molecule has 0 aromatic heterocycles. The number of ether oxygens (including phenoxy) is 2. The van der Waals surface area contributed by atoms with Gasteiger partial charge in [0.1, 0.15) is 11.5 Å². The van der Waals surface area contributed by atoms with Crippen LogP contribution in [0.4, 0.5) is 5.69 Å². The zero-order valence-corrected chi connectivity index (χ0v) is 14.7. The van der Waals surface area contributed by atoms with Gasteiger partial charge in [0, 0.05) is 10.0 Å². The summed E-state index contributed by atoms with van der Waals surface area (Å²) < 4.78 is 10.7. The van der Waals surface area contributed by atoms with Crippen molar-refractivity contribution in [2.75, 3.05) is 12.4 Å². The SMILES string of the molecule is COc1ccc(Cl)cc1NC(=O)[C@H](C)Oc1ccc(Cl)cc1Cl. The van der Waals surface area contributed by atoms with Crippen LogP contribution in [0.5, 0.6) is 11.5 Å². The molecule has 2 aromatic rings. The minimum atomic E-state index is -0.780. The van der Waals surface area contributed by atoms with E-state index < -0.39 is 6.10 Å². The van der Waals surface area contributed by atoms with Crippen LogP contribution in [-0.2, 0) is 4.79 Å². The first-order valence-electron chi connectivity index (χ1n) is 6.67. The number of hydrogen-bond acceptors (Lipinski definition) is 3. The number of halogens is 3. The van der Waals surface area contributed by atoms with Gasteiger partial charge in [-0.1, -0.05) is 34.8 Å². The molecule has 0 spiro atoms. The van der Waals surface area contributed by atoms with E-state index in [1.807, 2.05) is 0 Å². The highest BCUT2D eigenvalue weighted by Gasteiger charge is 2.18. The fraction of sp³-hybridized carbons (Fsp3) is 0.188. The van der Waals surface area contributed by atoms with E-state index in [4.69, 9.17) is 44.3 Å². The van der Waals surface area contributed by atoms with Crippen LogP contribution in [0.3, 0.4) is 0 Å². The van der Waals surface area contributed by atoms with Crippen LogP contribution < -0.4 is 14.8 Å². The Morgan fingerprint density at radius 3 is 2.26 bits per heavy atom. The summed E-state index contributed by atoms with van der Waals surface area (Å²) in [4.78, 5) is 12.3. The lowest BCUT2D eigenvalue weighted by Crippen LogP contribution is -2.30. The van der Waals surface area contributed by atoms with Crippen molar-refractivity contribution in [2.45, 2.75) is 13.0 Å². The molecule has 2 aromatic carbocycles. The van der Waals surface area contributed by atoms with Gasteiger partial charge in [0.2, 0.25) is 0 Å². The van der Waals surface area contributed by atoms with Crippen LogP contribution in [-0.4, -0.2) is 19.1 Å². The fourth-order valence-corrected chi connectivity index (χ4v) is 2.45. The van der Waals surface area contributed by atoms with E-state index in [9.17, 15) is 4.79 Å². The predicted molar refractivity (Wildman–Crippen MR) is 93.2 cm³/mol. The van der Waals surface area contributed by atoms with Gasteiger partial charge in [0.05, 0.1) is 17.8 Å². The number of anilines is 1. The van der Waals surface area contributed by atoms with E-state index in [1.54, 1.807) is 43.3 Å². The van der Waals surface area contributed by atoms with Gasteiger partial charge in [0.15, 0.2) is 6.10 Å². The Hall–Kier alpha value is -1.62. The number of carbonyl (C=O) groups is 1. The summed E-state index contributed by atoms with van der Waals surface area (Å²) in [5.74, 6) is 0.507. The Kier molecular flexibility index (Phi) is 5.99. The standard InChI is InChI=1S/C16H14Cl3NO3/c1-9(23-14-5-3-10(17)7-12(14)19)16(21)20-13-8-11(18)4-6-15(13)22-2/h3-9H,1-2H3,(H,20,21)/t9-/m0/s1. The molecule has 0 bridgehead atoms. The Morgan fingerprint density at radius 2 is 1.65 bits per heavy atom. The molecule has 4 nitrogen and oxygen atoms in total. The lowest BCUT2D eigenvalue weighted by molar-refractivity contribution is -0.122. The predicted octanol–water partition coefficient (Wildman–Crippen LogP) is 5.06. The molecule has 0 unspecified atom stereocenters. The molecular weight excluding hydrogens is 361 g/mol. The van der Waals surface area contributed by atoms with E-state index in [1.165, 1.54) is 7.11 Å². The number of rotatable bonds is 5. The average Bonchev–Trinajstić information content (AvgIpc) is 2.50. The first-order chi connectivity index (χ1) is 10.9. The number of nitrogens with one attached hydrogen (secondary N) is 1. The summed E-state index contributed by atoms with van der Waals surface area (Å²) >= 11 is 17.8. The van der Waals surface area contributed by atoms with Gasteiger partial charge in [-0.3, -0.25) is 4.79 Å². The highest BCUT2D eigenvalue weighted by molar-refractivity contribution is 6.35. The molecule has 1 atom stereocenters. The van der Waals surface area contributed by atoms with Crippen LogP contribution in [0.15, 0.2) is 36.4 Å². The summed E-state index contributed by atoms with van der Waals surface area (Å²) in [7, 11) is 1.51. The molecule has 0 saturated heterocycles. The largest absolute Gasteiger partial charge is 0.495 e. The van der Waals surface area contributed by atoms with Crippen LogP contribution in [0.1, 0.15) is 6.92 Å². The van der Waals surface area contributed by atoms with Crippen LogP contribution in [0, 0.1) is 0 Å². The third-order valence-electron chi connectivity index (χ3n) is 2.99. The fourth-order valence-electron chi connectivity index (χ4n) is 1.83. The minimum absolute atomic E-state index is 0.331. The van der Waals surface area contributed by atoms with Gasteiger partial charge in [0.25, 0.3) is 5.91 Å². The van der Waals surface area contributed by atoms with Crippen LogP contribution in [0.25, 0.3) is 0 Å². The summed E-state index contributed by atoms with van der Waals surface area (Å²) in [5, 5.41) is 4.01. The smallest absolute Gasteiger partial charge is 0.265 e. The van der Waals surface area contributed by atoms with Gasteiger partial charge in [-0.25, -0.2) is 0 Å². The van der Waals surface area contributed by atoms with Crippen molar-refractivity contribution in [1.82, 2.24) is 0 Å². The van der Waals surface area contributed by atoms with Crippen LogP contribution in [0.2, 0.25) is 15.1 Å². The summed E-state index contributed by atoms with van der Waals surface area (Å²) in [6.45, 7) is 1.61. The Balaban J connectivity index is 2.10. The second kappa shape index (κ2) is 7.77. The summed E-state index contributed by atoms with van der Waals surface area (Å²) in [6, 6.07) is 9.72. The van der Waals surface area contributed by atoms with Gasteiger partial charge < -0.3 is 14.8 Å². The lowest BCUT2D eigenvalue weighted by Gasteiger charge is -2.17. The van der Waals surface area contributed by atoms with Gasteiger partial charge in [-0.15, -0.1) is 0 Å². The van der Waals surface area contributed by atoms with E-state index in [0.29, 0.717) is 32.3 Å². The van der Waals surface area contributed by atoms with Crippen molar-refractivity contribution in [3.05, 3.63) is 51.5 Å². The van der Waals surface area contributed by atoms with E-state index >= 15 is 0 Å². The maximum absolute atomic E-state index is 12.3. The number of amides is 1. The zero-order chi connectivity index (χ0) is 17.0. The highest BCUT2D eigenvalue weighted by Crippen LogP contribution is 2.30. The highest BCUT2D eigenvalue weighted by atomic mass is 35.5. The van der Waals surface area contributed by atoms with E-state index in [0.717, 1.165) is 0 Å². The molecule has 7 heteroatoms. The normalized spacial score (nSPS) is 11.7.